The molecule has 0 aliphatic heterocycles. The number of nitrogens with two attached hydrogens (primary N) is 1. The molecule has 0 saturated heterocycles. The molecule has 1 aromatic rings. The highest BCUT2D eigenvalue weighted by Gasteiger charge is 2.37. The summed E-state index contributed by atoms with van der Waals surface area (Å²) in [6, 6.07) is 3.75. The molecule has 2 rings (SSSR count). The van der Waals surface area contributed by atoms with Crippen molar-refractivity contribution in [3.63, 3.8) is 0 Å². The minimum Gasteiger partial charge on any atom is -0.508 e. The third-order valence-corrected chi connectivity index (χ3v) is 5.84. The number of ether oxygens (including phenoxy) is 1. The van der Waals surface area contributed by atoms with E-state index in [-0.39, 0.29) is 24.2 Å². The number of nitrogens with one attached hydrogen (secondary N) is 2. The van der Waals surface area contributed by atoms with Crippen LogP contribution in [0.5, 0.6) is 5.75 Å². The van der Waals surface area contributed by atoms with Crippen LogP contribution in [-0.2, 0) is 19.1 Å². The van der Waals surface area contributed by atoms with Crippen LogP contribution in [0.1, 0.15) is 84.2 Å². The molecule has 0 aromatic heterocycles. The molecule has 0 bridgehead atoms. The highest BCUT2D eigenvalue weighted by Crippen LogP contribution is 2.27. The van der Waals surface area contributed by atoms with Crippen molar-refractivity contribution in [1.82, 2.24) is 15.5 Å². The number of rotatable bonds is 10. The van der Waals surface area contributed by atoms with Gasteiger partial charge in [-0.2, -0.15) is 0 Å². The van der Waals surface area contributed by atoms with E-state index in [9.17, 15) is 24.3 Å². The zero-order valence-electron chi connectivity index (χ0n) is 21.7. The zero-order chi connectivity index (χ0) is 26.9. The van der Waals surface area contributed by atoms with Gasteiger partial charge in [-0.3, -0.25) is 14.4 Å². The SMILES string of the molecule is CCCN(C(=O)C(CC(N)=O)NC(=O)OC(C)(C)C)C(C(=O)NC1CCCCC1)c1cccc(O)c1. The van der Waals surface area contributed by atoms with Gasteiger partial charge in [0.1, 0.15) is 23.4 Å². The Labute approximate surface area is 212 Å². The number of hydrogen-bond donors (Lipinski definition) is 4. The number of carbonyl (C=O) groups excluding carboxylic acids is 4. The molecular formula is C26H40N4O6. The quantitative estimate of drug-likeness (QED) is 0.385. The molecule has 0 heterocycles. The van der Waals surface area contributed by atoms with Gasteiger partial charge in [-0.1, -0.05) is 38.3 Å². The summed E-state index contributed by atoms with van der Waals surface area (Å²) in [7, 11) is 0. The molecule has 4 amide bonds. The molecule has 36 heavy (non-hydrogen) atoms. The van der Waals surface area contributed by atoms with Crippen LogP contribution >= 0.6 is 0 Å². The first-order valence-corrected chi connectivity index (χ1v) is 12.6. The van der Waals surface area contributed by atoms with Crippen LogP contribution in [0.3, 0.4) is 0 Å². The van der Waals surface area contributed by atoms with Crippen molar-refractivity contribution in [2.75, 3.05) is 6.54 Å². The van der Waals surface area contributed by atoms with Crippen molar-refractivity contribution >= 4 is 23.8 Å². The van der Waals surface area contributed by atoms with E-state index in [0.29, 0.717) is 12.0 Å². The fourth-order valence-corrected chi connectivity index (χ4v) is 4.35. The Kier molecular flexibility index (Phi) is 10.6. The molecule has 200 valence electrons. The lowest BCUT2D eigenvalue weighted by atomic mass is 9.94. The summed E-state index contributed by atoms with van der Waals surface area (Å²) in [5, 5.41) is 15.6. The molecule has 2 atom stereocenters. The van der Waals surface area contributed by atoms with Gasteiger partial charge < -0.3 is 31.1 Å². The van der Waals surface area contributed by atoms with Crippen molar-refractivity contribution in [3.8, 4) is 5.75 Å². The van der Waals surface area contributed by atoms with E-state index >= 15 is 0 Å². The van der Waals surface area contributed by atoms with Crippen LogP contribution in [-0.4, -0.2) is 58.1 Å². The molecule has 5 N–H and O–H groups in total. The largest absolute Gasteiger partial charge is 0.508 e. The summed E-state index contributed by atoms with van der Waals surface area (Å²) in [5.74, 6) is -1.87. The van der Waals surface area contributed by atoms with Crippen LogP contribution < -0.4 is 16.4 Å². The Hall–Kier alpha value is -3.30. The van der Waals surface area contributed by atoms with Gasteiger partial charge in [-0.05, 0) is 57.7 Å². The van der Waals surface area contributed by atoms with E-state index in [1.807, 2.05) is 6.92 Å². The molecular weight excluding hydrogens is 464 g/mol. The van der Waals surface area contributed by atoms with Gasteiger partial charge >= 0.3 is 6.09 Å². The standard InChI is InChI=1S/C26H40N4O6/c1-5-14-30(24(34)20(16-21(27)32)29-25(35)36-26(2,3)4)22(17-10-9-13-19(31)15-17)23(33)28-18-11-7-6-8-12-18/h9-10,13,15,18,20,22,31H,5-8,11-12,14,16H2,1-4H3,(H2,27,32)(H,28,33)(H,29,35). The summed E-state index contributed by atoms with van der Waals surface area (Å²) in [6.07, 6.45) is 4.02. The smallest absolute Gasteiger partial charge is 0.408 e. The minimum atomic E-state index is -1.33. The Balaban J connectivity index is 2.42. The van der Waals surface area contributed by atoms with Gasteiger partial charge in [0, 0.05) is 12.6 Å². The van der Waals surface area contributed by atoms with Gasteiger partial charge in [0.15, 0.2) is 0 Å². The number of phenols is 1. The van der Waals surface area contributed by atoms with Crippen molar-refractivity contribution < 1.29 is 29.0 Å². The predicted octanol–water partition coefficient (Wildman–Crippen LogP) is 2.89. The van der Waals surface area contributed by atoms with E-state index in [1.165, 1.54) is 17.0 Å². The van der Waals surface area contributed by atoms with Crippen molar-refractivity contribution in [3.05, 3.63) is 29.8 Å². The first-order chi connectivity index (χ1) is 16.9. The lowest BCUT2D eigenvalue weighted by Gasteiger charge is -2.35. The number of phenolic OH excluding ortho intramolecular Hbond substituents is 1. The average Bonchev–Trinajstić information content (AvgIpc) is 2.77. The molecule has 0 radical (unpaired) electrons. The van der Waals surface area contributed by atoms with Gasteiger partial charge in [-0.25, -0.2) is 4.79 Å². The molecule has 10 heteroatoms. The highest BCUT2D eigenvalue weighted by molar-refractivity contribution is 5.94. The normalized spacial score (nSPS) is 15.9. The molecule has 1 fully saturated rings. The average molecular weight is 505 g/mol. The molecule has 1 saturated carbocycles. The molecule has 1 aliphatic carbocycles. The van der Waals surface area contributed by atoms with Crippen LogP contribution in [0.15, 0.2) is 24.3 Å². The second-order valence-corrected chi connectivity index (χ2v) is 10.2. The van der Waals surface area contributed by atoms with Crippen molar-refractivity contribution in [2.45, 2.75) is 96.4 Å². The summed E-state index contributed by atoms with van der Waals surface area (Å²) < 4.78 is 5.26. The number of alkyl carbamates (subject to hydrolysis) is 1. The lowest BCUT2D eigenvalue weighted by molar-refractivity contribution is -0.143. The van der Waals surface area contributed by atoms with E-state index in [1.54, 1.807) is 32.9 Å². The van der Waals surface area contributed by atoms with Gasteiger partial charge in [-0.15, -0.1) is 0 Å². The summed E-state index contributed by atoms with van der Waals surface area (Å²) >= 11 is 0. The minimum absolute atomic E-state index is 0.00839. The van der Waals surface area contributed by atoms with E-state index in [2.05, 4.69) is 10.6 Å². The third kappa shape index (κ3) is 9.05. The van der Waals surface area contributed by atoms with E-state index in [4.69, 9.17) is 10.5 Å². The Bertz CT molecular complexity index is 923. The zero-order valence-corrected chi connectivity index (χ0v) is 21.7. The summed E-state index contributed by atoms with van der Waals surface area (Å²) in [6.45, 7) is 7.04. The summed E-state index contributed by atoms with van der Waals surface area (Å²) in [4.78, 5) is 52.9. The maximum Gasteiger partial charge on any atom is 0.408 e. The number of carbonyl (C=O) groups is 4. The van der Waals surface area contributed by atoms with E-state index < -0.39 is 42.0 Å². The first kappa shape index (κ1) is 28.9. The maximum atomic E-state index is 13.8. The van der Waals surface area contributed by atoms with Crippen molar-refractivity contribution in [2.24, 2.45) is 5.73 Å². The first-order valence-electron chi connectivity index (χ1n) is 12.6. The number of nitrogens with zero attached hydrogens (tertiary/aromatic N) is 1. The fraction of sp³-hybridized carbons (Fsp3) is 0.615. The van der Waals surface area contributed by atoms with Crippen LogP contribution in [0.4, 0.5) is 4.79 Å². The number of aromatic hydroxyl groups is 1. The summed E-state index contributed by atoms with van der Waals surface area (Å²) in [5.41, 5.74) is 4.98. The van der Waals surface area contributed by atoms with Gasteiger partial charge in [0.05, 0.1) is 6.42 Å². The van der Waals surface area contributed by atoms with Crippen LogP contribution in [0, 0.1) is 0 Å². The number of amides is 4. The second kappa shape index (κ2) is 13.1. The number of primary amides is 1. The highest BCUT2D eigenvalue weighted by atomic mass is 16.6. The number of benzene rings is 1. The molecule has 1 aromatic carbocycles. The maximum absolute atomic E-state index is 13.8. The molecule has 10 nitrogen and oxygen atoms in total. The topological polar surface area (TPSA) is 151 Å². The molecule has 2 unspecified atom stereocenters. The fourth-order valence-electron chi connectivity index (χ4n) is 4.35. The predicted molar refractivity (Wildman–Crippen MR) is 135 cm³/mol. The number of hydrogen-bond acceptors (Lipinski definition) is 6. The molecule has 1 aliphatic rings. The van der Waals surface area contributed by atoms with Crippen molar-refractivity contribution in [1.29, 1.82) is 0 Å². The second-order valence-electron chi connectivity index (χ2n) is 10.2. The monoisotopic (exact) mass is 504 g/mol. The van der Waals surface area contributed by atoms with E-state index in [0.717, 1.165) is 32.1 Å². The Morgan fingerprint density at radius 2 is 1.83 bits per heavy atom. The Morgan fingerprint density at radius 3 is 2.39 bits per heavy atom. The van der Waals surface area contributed by atoms with Gasteiger partial charge in [0.2, 0.25) is 17.7 Å². The van der Waals surface area contributed by atoms with Crippen LogP contribution in [0.2, 0.25) is 0 Å². The third-order valence-electron chi connectivity index (χ3n) is 5.84. The Morgan fingerprint density at radius 1 is 1.17 bits per heavy atom. The molecule has 0 spiro atoms. The van der Waals surface area contributed by atoms with Crippen LogP contribution in [0.25, 0.3) is 0 Å². The van der Waals surface area contributed by atoms with Gasteiger partial charge in [0.25, 0.3) is 0 Å². The lowest BCUT2D eigenvalue weighted by Crippen LogP contribution is -2.54.